The van der Waals surface area contributed by atoms with E-state index in [1.807, 2.05) is 31.2 Å². The molecule has 1 saturated heterocycles. The smallest absolute Gasteiger partial charge is 0.289 e. The molecule has 0 bridgehead atoms. The Hall–Kier alpha value is -3.45. The number of halogens is 1. The maximum Gasteiger partial charge on any atom is 0.289 e. The van der Waals surface area contributed by atoms with Gasteiger partial charge in [0.1, 0.15) is 5.75 Å². The monoisotopic (exact) mass is 453 g/mol. The summed E-state index contributed by atoms with van der Waals surface area (Å²) in [5.41, 5.74) is 2.63. The van der Waals surface area contributed by atoms with Gasteiger partial charge in [0.2, 0.25) is 0 Å². The van der Waals surface area contributed by atoms with E-state index in [1.165, 1.54) is 6.26 Å². The minimum atomic E-state index is -0.240. The molecule has 1 aliphatic rings. The number of nitrogens with zero attached hydrogens (tertiary/aromatic N) is 2. The number of carbonyl (C=O) groups excluding carboxylic acids is 2. The second-order valence-corrected chi connectivity index (χ2v) is 7.96. The second kappa shape index (κ2) is 9.78. The molecule has 32 heavy (non-hydrogen) atoms. The number of nitrogens with one attached hydrogen (secondary N) is 1. The summed E-state index contributed by atoms with van der Waals surface area (Å²) >= 11 is 6.00. The molecule has 0 unspecified atom stereocenters. The summed E-state index contributed by atoms with van der Waals surface area (Å²) < 4.78 is 10.7. The van der Waals surface area contributed by atoms with Crippen molar-refractivity contribution in [2.45, 2.75) is 6.92 Å². The molecule has 4 rings (SSSR count). The molecule has 0 saturated carbocycles. The summed E-state index contributed by atoms with van der Waals surface area (Å²) in [5, 5.41) is 3.49. The number of rotatable bonds is 6. The third-order valence-corrected chi connectivity index (χ3v) is 5.74. The number of hydrogen-bond acceptors (Lipinski definition) is 5. The molecule has 0 atom stereocenters. The highest BCUT2D eigenvalue weighted by atomic mass is 35.5. The predicted molar refractivity (Wildman–Crippen MR) is 124 cm³/mol. The number of furan rings is 1. The average Bonchev–Trinajstić information content (AvgIpc) is 3.35. The van der Waals surface area contributed by atoms with E-state index in [9.17, 15) is 9.59 Å². The van der Waals surface area contributed by atoms with Gasteiger partial charge in [0, 0.05) is 42.6 Å². The number of anilines is 2. The van der Waals surface area contributed by atoms with Crippen LogP contribution in [-0.4, -0.2) is 49.5 Å². The first kappa shape index (κ1) is 21.8. The van der Waals surface area contributed by atoms with Crippen LogP contribution in [0.15, 0.2) is 65.3 Å². The van der Waals surface area contributed by atoms with Crippen molar-refractivity contribution in [2.24, 2.45) is 0 Å². The van der Waals surface area contributed by atoms with Gasteiger partial charge < -0.3 is 24.3 Å². The summed E-state index contributed by atoms with van der Waals surface area (Å²) in [7, 11) is 0. The van der Waals surface area contributed by atoms with E-state index in [0.717, 1.165) is 24.3 Å². The number of amides is 2. The summed E-state index contributed by atoms with van der Waals surface area (Å²) in [6.07, 6.45) is 1.51. The van der Waals surface area contributed by atoms with E-state index in [0.29, 0.717) is 35.3 Å². The van der Waals surface area contributed by atoms with Crippen LogP contribution in [0.2, 0.25) is 5.02 Å². The molecule has 0 aliphatic carbocycles. The van der Waals surface area contributed by atoms with Gasteiger partial charge in [-0.3, -0.25) is 9.59 Å². The van der Waals surface area contributed by atoms with E-state index in [4.69, 9.17) is 20.8 Å². The SMILES string of the molecule is Cc1cc(OCC(=O)Nc2ccc(N3CCN(C(=O)c4ccco4)CC3)cc2)ccc1Cl. The lowest BCUT2D eigenvalue weighted by molar-refractivity contribution is -0.118. The van der Waals surface area contributed by atoms with Crippen molar-refractivity contribution < 1.29 is 18.7 Å². The molecule has 1 N–H and O–H groups in total. The van der Waals surface area contributed by atoms with Crippen LogP contribution in [0.3, 0.4) is 0 Å². The van der Waals surface area contributed by atoms with Crippen molar-refractivity contribution >= 4 is 34.8 Å². The topological polar surface area (TPSA) is 75.0 Å². The van der Waals surface area contributed by atoms with Gasteiger partial charge in [-0.2, -0.15) is 0 Å². The van der Waals surface area contributed by atoms with Crippen LogP contribution < -0.4 is 15.0 Å². The van der Waals surface area contributed by atoms with Crippen LogP contribution in [0.5, 0.6) is 5.75 Å². The number of carbonyl (C=O) groups is 2. The first-order valence-electron chi connectivity index (χ1n) is 10.4. The zero-order valence-corrected chi connectivity index (χ0v) is 18.5. The Morgan fingerprint density at radius 2 is 1.81 bits per heavy atom. The summed E-state index contributed by atoms with van der Waals surface area (Å²) in [6, 6.07) is 16.3. The third kappa shape index (κ3) is 5.23. The fourth-order valence-corrected chi connectivity index (χ4v) is 3.65. The summed E-state index contributed by atoms with van der Waals surface area (Å²) in [5.74, 6) is 0.648. The first-order valence-corrected chi connectivity index (χ1v) is 10.7. The lowest BCUT2D eigenvalue weighted by Crippen LogP contribution is -2.48. The van der Waals surface area contributed by atoms with Gasteiger partial charge in [-0.05, 0) is 67.1 Å². The summed E-state index contributed by atoms with van der Waals surface area (Å²) in [4.78, 5) is 28.6. The molecular formula is C24H24ClN3O4. The number of hydrogen-bond donors (Lipinski definition) is 1. The maximum absolute atomic E-state index is 12.4. The molecule has 0 spiro atoms. The van der Waals surface area contributed by atoms with E-state index >= 15 is 0 Å². The predicted octanol–water partition coefficient (Wildman–Crippen LogP) is 4.22. The highest BCUT2D eigenvalue weighted by molar-refractivity contribution is 6.31. The fraction of sp³-hybridized carbons (Fsp3) is 0.250. The van der Waals surface area contributed by atoms with Crippen molar-refractivity contribution in [3.8, 4) is 5.75 Å². The summed E-state index contributed by atoms with van der Waals surface area (Å²) in [6.45, 7) is 4.50. The molecule has 1 aromatic heterocycles. The van der Waals surface area contributed by atoms with E-state index in [2.05, 4.69) is 10.2 Å². The van der Waals surface area contributed by atoms with Crippen molar-refractivity contribution in [1.29, 1.82) is 0 Å². The quantitative estimate of drug-likeness (QED) is 0.604. The molecule has 8 heteroatoms. The number of aryl methyl sites for hydroxylation is 1. The van der Waals surface area contributed by atoms with Gasteiger partial charge >= 0.3 is 0 Å². The average molecular weight is 454 g/mol. The number of ether oxygens (including phenoxy) is 1. The van der Waals surface area contributed by atoms with Crippen LogP contribution in [0.4, 0.5) is 11.4 Å². The highest BCUT2D eigenvalue weighted by Gasteiger charge is 2.23. The number of piperazine rings is 1. The Kier molecular flexibility index (Phi) is 6.66. The van der Waals surface area contributed by atoms with E-state index in [-0.39, 0.29) is 18.4 Å². The molecule has 7 nitrogen and oxygen atoms in total. The standard InChI is InChI=1S/C24H24ClN3O4/c1-17-15-20(8-9-21(17)25)32-16-23(29)26-18-4-6-19(7-5-18)27-10-12-28(13-11-27)24(30)22-3-2-14-31-22/h2-9,14-15H,10-13,16H2,1H3,(H,26,29). The van der Waals surface area contributed by atoms with Crippen molar-refractivity contribution in [2.75, 3.05) is 43.0 Å². The zero-order valence-electron chi connectivity index (χ0n) is 17.7. The van der Waals surface area contributed by atoms with Gasteiger partial charge in [0.05, 0.1) is 6.26 Å². The van der Waals surface area contributed by atoms with Gasteiger partial charge in [-0.1, -0.05) is 11.6 Å². The van der Waals surface area contributed by atoms with Gasteiger partial charge in [0.25, 0.3) is 11.8 Å². The molecule has 2 heterocycles. The van der Waals surface area contributed by atoms with Crippen molar-refractivity contribution in [1.82, 2.24) is 4.90 Å². The van der Waals surface area contributed by atoms with E-state index < -0.39 is 0 Å². The lowest BCUT2D eigenvalue weighted by Gasteiger charge is -2.35. The molecule has 1 fully saturated rings. The van der Waals surface area contributed by atoms with Gasteiger partial charge in [-0.15, -0.1) is 0 Å². The third-order valence-electron chi connectivity index (χ3n) is 5.31. The fourth-order valence-electron chi connectivity index (χ4n) is 3.53. The molecule has 166 valence electrons. The first-order chi connectivity index (χ1) is 15.5. The minimum Gasteiger partial charge on any atom is -0.484 e. The van der Waals surface area contributed by atoms with Crippen molar-refractivity contribution in [3.63, 3.8) is 0 Å². The highest BCUT2D eigenvalue weighted by Crippen LogP contribution is 2.22. The Bertz CT molecular complexity index is 1080. The van der Waals surface area contributed by atoms with E-state index in [1.54, 1.807) is 35.2 Å². The molecule has 1 aliphatic heterocycles. The maximum atomic E-state index is 12.4. The largest absolute Gasteiger partial charge is 0.484 e. The molecule has 2 aromatic carbocycles. The Morgan fingerprint density at radius 3 is 2.47 bits per heavy atom. The van der Waals surface area contributed by atoms with Crippen LogP contribution in [0.25, 0.3) is 0 Å². The Balaban J connectivity index is 1.25. The van der Waals surface area contributed by atoms with Crippen LogP contribution in [-0.2, 0) is 4.79 Å². The van der Waals surface area contributed by atoms with Crippen LogP contribution in [0.1, 0.15) is 16.1 Å². The molecule has 3 aromatic rings. The normalized spacial score (nSPS) is 13.7. The van der Waals surface area contributed by atoms with Crippen molar-refractivity contribution in [3.05, 3.63) is 77.2 Å². The second-order valence-electron chi connectivity index (χ2n) is 7.55. The van der Waals surface area contributed by atoms with Gasteiger partial charge in [0.15, 0.2) is 12.4 Å². The Morgan fingerprint density at radius 1 is 1.06 bits per heavy atom. The minimum absolute atomic E-state index is 0.0799. The lowest BCUT2D eigenvalue weighted by atomic mass is 10.2. The zero-order chi connectivity index (χ0) is 22.5. The van der Waals surface area contributed by atoms with Crippen LogP contribution >= 0.6 is 11.6 Å². The number of benzene rings is 2. The molecule has 2 amide bonds. The van der Waals surface area contributed by atoms with Gasteiger partial charge in [-0.25, -0.2) is 0 Å². The molecule has 0 radical (unpaired) electrons. The molecular weight excluding hydrogens is 430 g/mol. The Labute approximate surface area is 191 Å². The van der Waals surface area contributed by atoms with Crippen LogP contribution in [0, 0.1) is 6.92 Å².